The molecule has 0 bridgehead atoms. The van der Waals surface area contributed by atoms with Gasteiger partial charge in [0.1, 0.15) is 18.2 Å². The van der Waals surface area contributed by atoms with Crippen LogP contribution >= 0.6 is 0 Å². The fourth-order valence-corrected chi connectivity index (χ4v) is 1.46. The minimum Gasteiger partial charge on any atom is -0.467 e. The molecule has 7 nitrogen and oxygen atoms in total. The summed E-state index contributed by atoms with van der Waals surface area (Å²) in [5, 5.41) is 2.55. The van der Waals surface area contributed by atoms with Crippen LogP contribution in [0.3, 0.4) is 0 Å². The van der Waals surface area contributed by atoms with Crippen LogP contribution in [0.5, 0.6) is 0 Å². The third-order valence-electron chi connectivity index (χ3n) is 2.52. The first-order valence-electron chi connectivity index (χ1n) is 6.79. The highest BCUT2D eigenvalue weighted by molar-refractivity contribution is 5.87. The molecule has 7 heteroatoms. The third-order valence-corrected chi connectivity index (χ3v) is 2.52. The zero-order chi connectivity index (χ0) is 16.8. The minimum absolute atomic E-state index is 0.117. The first kappa shape index (κ1) is 19.2. The molecule has 122 valence electrons. The number of nitrogens with one attached hydrogen (secondary N) is 1. The molecule has 0 radical (unpaired) electrons. The first-order valence-corrected chi connectivity index (χ1v) is 6.79. The van der Waals surface area contributed by atoms with Crippen molar-refractivity contribution in [1.29, 1.82) is 0 Å². The quantitative estimate of drug-likeness (QED) is 0.771. The number of methoxy groups -OCH3 is 1. The van der Waals surface area contributed by atoms with Gasteiger partial charge >= 0.3 is 12.1 Å². The van der Waals surface area contributed by atoms with E-state index >= 15 is 0 Å². The normalized spacial score (nSPS) is 12.6. The summed E-state index contributed by atoms with van der Waals surface area (Å²) in [4.78, 5) is 36.3. The molecule has 0 saturated heterocycles. The second-order valence-corrected chi connectivity index (χ2v) is 6.15. The second-order valence-electron chi connectivity index (χ2n) is 6.15. The van der Waals surface area contributed by atoms with Crippen molar-refractivity contribution in [2.45, 2.75) is 46.3 Å². The van der Waals surface area contributed by atoms with Crippen LogP contribution in [0.25, 0.3) is 0 Å². The summed E-state index contributed by atoms with van der Waals surface area (Å²) in [7, 11) is 2.72. The number of hydrogen-bond acceptors (Lipinski definition) is 5. The molecular weight excluding hydrogens is 276 g/mol. The second kappa shape index (κ2) is 7.85. The molecule has 0 aliphatic rings. The fourth-order valence-electron chi connectivity index (χ4n) is 1.46. The lowest BCUT2D eigenvalue weighted by molar-refractivity contribution is -0.146. The van der Waals surface area contributed by atoms with Gasteiger partial charge in [-0.2, -0.15) is 0 Å². The highest BCUT2D eigenvalue weighted by atomic mass is 16.6. The van der Waals surface area contributed by atoms with Crippen LogP contribution in [-0.4, -0.2) is 55.2 Å². The average molecular weight is 302 g/mol. The van der Waals surface area contributed by atoms with Crippen LogP contribution in [0.4, 0.5) is 4.79 Å². The summed E-state index contributed by atoms with van der Waals surface area (Å²) >= 11 is 0. The van der Waals surface area contributed by atoms with Gasteiger partial charge in [0.15, 0.2) is 0 Å². The van der Waals surface area contributed by atoms with Crippen molar-refractivity contribution in [3.05, 3.63) is 0 Å². The number of hydrogen-bond donors (Lipinski definition) is 1. The number of rotatable bonds is 5. The molecule has 1 unspecified atom stereocenters. The van der Waals surface area contributed by atoms with Crippen LogP contribution < -0.4 is 5.32 Å². The molecule has 0 spiro atoms. The molecule has 0 aliphatic carbocycles. The molecule has 1 N–H and O–H groups in total. The molecule has 0 aliphatic heterocycles. The Bertz CT molecular complexity index is 387. The maximum absolute atomic E-state index is 11.9. The lowest BCUT2D eigenvalue weighted by Crippen LogP contribution is -2.49. The summed E-state index contributed by atoms with van der Waals surface area (Å²) in [6, 6.07) is -0.741. The number of ether oxygens (including phenoxy) is 2. The summed E-state index contributed by atoms with van der Waals surface area (Å²) in [6.07, 6.45) is -0.600. The molecule has 2 amide bonds. The SMILES string of the molecule is COC(=O)C(NC(=O)CN(C)C(=O)OC(C)(C)C)C(C)C. The molecular formula is C14H26N2O5. The molecule has 0 aromatic carbocycles. The van der Waals surface area contributed by atoms with E-state index in [9.17, 15) is 14.4 Å². The van der Waals surface area contributed by atoms with Gasteiger partial charge in [-0.1, -0.05) is 13.8 Å². The lowest BCUT2D eigenvalue weighted by Gasteiger charge is -2.25. The van der Waals surface area contributed by atoms with Crippen LogP contribution in [0.1, 0.15) is 34.6 Å². The topological polar surface area (TPSA) is 84.9 Å². The maximum atomic E-state index is 11.9. The van der Waals surface area contributed by atoms with Crippen LogP contribution in [0.15, 0.2) is 0 Å². The standard InChI is InChI=1S/C14H26N2O5/c1-9(2)11(12(18)20-7)15-10(17)8-16(6)13(19)21-14(3,4)5/h9,11H,8H2,1-7H3,(H,15,17). The summed E-state index contributed by atoms with van der Waals surface area (Å²) in [6.45, 7) is 8.61. The van der Waals surface area contributed by atoms with Gasteiger partial charge in [-0.05, 0) is 26.7 Å². The van der Waals surface area contributed by atoms with E-state index in [1.54, 1.807) is 34.6 Å². The molecule has 0 heterocycles. The van der Waals surface area contributed by atoms with Gasteiger partial charge in [0.25, 0.3) is 0 Å². The highest BCUT2D eigenvalue weighted by Crippen LogP contribution is 2.09. The molecule has 0 saturated carbocycles. The Labute approximate surface area is 126 Å². The molecule has 0 fully saturated rings. The van der Waals surface area contributed by atoms with Gasteiger partial charge in [-0.15, -0.1) is 0 Å². The van der Waals surface area contributed by atoms with Crippen LogP contribution in [-0.2, 0) is 19.1 Å². The predicted octanol–water partition coefficient (Wildman–Crippen LogP) is 1.17. The number of likely N-dealkylation sites (N-methyl/N-ethyl adjacent to an activating group) is 1. The van der Waals surface area contributed by atoms with Gasteiger partial charge < -0.3 is 19.7 Å². The van der Waals surface area contributed by atoms with Crippen LogP contribution in [0.2, 0.25) is 0 Å². The minimum atomic E-state index is -0.741. The Kier molecular flexibility index (Phi) is 7.18. The number of amides is 2. The smallest absolute Gasteiger partial charge is 0.410 e. The van der Waals surface area contributed by atoms with E-state index in [-0.39, 0.29) is 12.5 Å². The van der Waals surface area contributed by atoms with Crippen molar-refractivity contribution in [2.75, 3.05) is 20.7 Å². The Morgan fingerprint density at radius 3 is 2.10 bits per heavy atom. The van der Waals surface area contributed by atoms with Gasteiger partial charge in [-0.25, -0.2) is 9.59 Å². The Morgan fingerprint density at radius 1 is 1.19 bits per heavy atom. The third kappa shape index (κ3) is 7.53. The van der Waals surface area contributed by atoms with Crippen molar-refractivity contribution < 1.29 is 23.9 Å². The molecule has 1 atom stereocenters. The molecule has 0 rings (SSSR count). The highest BCUT2D eigenvalue weighted by Gasteiger charge is 2.26. The van der Waals surface area contributed by atoms with E-state index in [0.717, 1.165) is 4.90 Å². The zero-order valence-electron chi connectivity index (χ0n) is 13.9. The average Bonchev–Trinajstić information content (AvgIpc) is 2.32. The number of carbonyl (C=O) groups excluding carboxylic acids is 3. The molecule has 0 aromatic heterocycles. The largest absolute Gasteiger partial charge is 0.467 e. The van der Waals surface area contributed by atoms with Crippen molar-refractivity contribution in [1.82, 2.24) is 10.2 Å². The summed E-state index contributed by atoms with van der Waals surface area (Å²) < 4.78 is 9.77. The van der Waals surface area contributed by atoms with E-state index in [4.69, 9.17) is 4.74 Å². The Hall–Kier alpha value is -1.79. The van der Waals surface area contributed by atoms with E-state index < -0.39 is 29.6 Å². The van der Waals surface area contributed by atoms with Crippen LogP contribution in [0, 0.1) is 5.92 Å². The Morgan fingerprint density at radius 2 is 1.71 bits per heavy atom. The van der Waals surface area contributed by atoms with Crippen molar-refractivity contribution in [3.8, 4) is 0 Å². The van der Waals surface area contributed by atoms with Gasteiger partial charge in [-0.3, -0.25) is 4.79 Å². The maximum Gasteiger partial charge on any atom is 0.410 e. The zero-order valence-corrected chi connectivity index (χ0v) is 13.9. The van der Waals surface area contributed by atoms with E-state index in [1.807, 2.05) is 0 Å². The predicted molar refractivity (Wildman–Crippen MR) is 77.6 cm³/mol. The van der Waals surface area contributed by atoms with Gasteiger partial charge in [0.2, 0.25) is 5.91 Å². The molecule has 21 heavy (non-hydrogen) atoms. The fraction of sp³-hybridized carbons (Fsp3) is 0.786. The number of esters is 1. The van der Waals surface area contributed by atoms with E-state index in [1.165, 1.54) is 14.2 Å². The van der Waals surface area contributed by atoms with Crippen molar-refractivity contribution in [2.24, 2.45) is 5.92 Å². The summed E-state index contributed by atoms with van der Waals surface area (Å²) in [5.74, 6) is -1.08. The molecule has 0 aromatic rings. The van der Waals surface area contributed by atoms with Gasteiger partial charge in [0, 0.05) is 7.05 Å². The Balaban J connectivity index is 4.54. The monoisotopic (exact) mass is 302 g/mol. The van der Waals surface area contributed by atoms with E-state index in [0.29, 0.717) is 0 Å². The summed E-state index contributed by atoms with van der Waals surface area (Å²) in [5.41, 5.74) is -0.631. The van der Waals surface area contributed by atoms with Crippen molar-refractivity contribution in [3.63, 3.8) is 0 Å². The number of carbonyl (C=O) groups is 3. The van der Waals surface area contributed by atoms with E-state index in [2.05, 4.69) is 10.1 Å². The first-order chi connectivity index (χ1) is 9.47. The van der Waals surface area contributed by atoms with Gasteiger partial charge in [0.05, 0.1) is 7.11 Å². The van der Waals surface area contributed by atoms with Crippen molar-refractivity contribution >= 4 is 18.0 Å². The number of nitrogens with zero attached hydrogens (tertiary/aromatic N) is 1. The lowest BCUT2D eigenvalue weighted by atomic mass is 10.0.